The van der Waals surface area contributed by atoms with Crippen LogP contribution in [0.1, 0.15) is 5.56 Å². The molecule has 0 radical (unpaired) electrons. The summed E-state index contributed by atoms with van der Waals surface area (Å²) in [6.45, 7) is 0.260. The van der Waals surface area contributed by atoms with Crippen LogP contribution in [-0.2, 0) is 6.54 Å². The zero-order valence-electron chi connectivity index (χ0n) is 9.95. The van der Waals surface area contributed by atoms with Gasteiger partial charge in [0.2, 0.25) is 0 Å². The zero-order chi connectivity index (χ0) is 13.7. The van der Waals surface area contributed by atoms with Gasteiger partial charge in [-0.2, -0.15) is 0 Å². The summed E-state index contributed by atoms with van der Waals surface area (Å²) < 4.78 is 40.7. The van der Waals surface area contributed by atoms with Gasteiger partial charge < -0.3 is 10.1 Å². The highest BCUT2D eigenvalue weighted by Gasteiger charge is 2.31. The molecule has 2 rings (SSSR count). The Hall–Kier alpha value is -2.17. The van der Waals surface area contributed by atoms with E-state index >= 15 is 0 Å². The maximum absolute atomic E-state index is 12.2. The first-order valence-electron chi connectivity index (χ1n) is 5.67. The number of benzene rings is 2. The largest absolute Gasteiger partial charge is 0.573 e. The van der Waals surface area contributed by atoms with E-state index < -0.39 is 6.36 Å². The Morgan fingerprint density at radius 1 is 0.895 bits per heavy atom. The molecule has 0 aromatic heterocycles. The van der Waals surface area contributed by atoms with Crippen molar-refractivity contribution >= 4 is 5.69 Å². The summed E-state index contributed by atoms with van der Waals surface area (Å²) in [4.78, 5) is 0. The monoisotopic (exact) mass is 267 g/mol. The van der Waals surface area contributed by atoms with Gasteiger partial charge in [-0.15, -0.1) is 13.2 Å². The first kappa shape index (κ1) is 13.3. The molecule has 0 aliphatic heterocycles. The summed E-state index contributed by atoms with van der Waals surface area (Å²) in [5.74, 6) is -0.182. The highest BCUT2D eigenvalue weighted by atomic mass is 19.4. The third-order valence-corrected chi connectivity index (χ3v) is 2.46. The summed E-state index contributed by atoms with van der Waals surface area (Å²) in [5, 5.41) is 3.04. The van der Waals surface area contributed by atoms with Crippen LogP contribution < -0.4 is 10.1 Å². The highest BCUT2D eigenvalue weighted by molar-refractivity contribution is 5.44. The van der Waals surface area contributed by atoms with Gasteiger partial charge in [-0.3, -0.25) is 0 Å². The molecule has 0 saturated carbocycles. The van der Waals surface area contributed by atoms with Crippen LogP contribution in [0.2, 0.25) is 0 Å². The van der Waals surface area contributed by atoms with E-state index in [0.717, 1.165) is 5.69 Å². The number of hydrogen-bond donors (Lipinski definition) is 1. The number of para-hydroxylation sites is 2. The SMILES string of the molecule is FC(F)(F)Oc1ccccc1CNc1ccccc1. The van der Waals surface area contributed by atoms with Crippen molar-refractivity contribution in [2.75, 3.05) is 5.32 Å². The van der Waals surface area contributed by atoms with Crippen LogP contribution >= 0.6 is 0 Å². The van der Waals surface area contributed by atoms with Crippen LogP contribution in [0.3, 0.4) is 0 Å². The second-order valence-electron chi connectivity index (χ2n) is 3.88. The zero-order valence-corrected chi connectivity index (χ0v) is 9.95. The highest BCUT2D eigenvalue weighted by Crippen LogP contribution is 2.26. The molecule has 0 aliphatic rings. The van der Waals surface area contributed by atoms with Crippen molar-refractivity contribution < 1.29 is 17.9 Å². The molecular weight excluding hydrogens is 255 g/mol. The fourth-order valence-electron chi connectivity index (χ4n) is 1.63. The topological polar surface area (TPSA) is 21.3 Å². The standard InChI is InChI=1S/C14H12F3NO/c15-14(16,17)19-13-9-5-4-6-11(13)10-18-12-7-2-1-3-8-12/h1-9,18H,10H2. The van der Waals surface area contributed by atoms with Gasteiger partial charge >= 0.3 is 6.36 Å². The van der Waals surface area contributed by atoms with E-state index in [1.54, 1.807) is 12.1 Å². The summed E-state index contributed by atoms with van der Waals surface area (Å²) in [6, 6.07) is 15.3. The minimum atomic E-state index is -4.68. The fourth-order valence-corrected chi connectivity index (χ4v) is 1.63. The molecule has 0 heterocycles. The third kappa shape index (κ3) is 4.21. The lowest BCUT2D eigenvalue weighted by molar-refractivity contribution is -0.274. The Bertz CT molecular complexity index is 526. The molecule has 0 saturated heterocycles. The normalized spacial score (nSPS) is 11.1. The van der Waals surface area contributed by atoms with Crippen LogP contribution in [0.25, 0.3) is 0 Å². The first-order valence-corrected chi connectivity index (χ1v) is 5.67. The van der Waals surface area contributed by atoms with Crippen LogP contribution in [-0.4, -0.2) is 6.36 Å². The number of halogens is 3. The van der Waals surface area contributed by atoms with Crippen LogP contribution in [0.15, 0.2) is 54.6 Å². The predicted octanol–water partition coefficient (Wildman–Crippen LogP) is 4.20. The molecule has 0 unspecified atom stereocenters. The molecule has 0 fully saturated rings. The number of anilines is 1. The fraction of sp³-hybridized carbons (Fsp3) is 0.143. The number of hydrogen-bond acceptors (Lipinski definition) is 2. The quantitative estimate of drug-likeness (QED) is 0.896. The van der Waals surface area contributed by atoms with Crippen LogP contribution in [0.5, 0.6) is 5.75 Å². The molecule has 0 amide bonds. The summed E-state index contributed by atoms with van der Waals surface area (Å²) in [7, 11) is 0. The Balaban J connectivity index is 2.08. The first-order chi connectivity index (χ1) is 9.04. The number of nitrogens with one attached hydrogen (secondary N) is 1. The van der Waals surface area contributed by atoms with Crippen molar-refractivity contribution in [3.8, 4) is 5.75 Å². The summed E-state index contributed by atoms with van der Waals surface area (Å²) in [5.41, 5.74) is 1.29. The minimum Gasteiger partial charge on any atom is -0.405 e. The van der Waals surface area contributed by atoms with Crippen molar-refractivity contribution in [1.29, 1.82) is 0 Å². The number of alkyl halides is 3. The smallest absolute Gasteiger partial charge is 0.405 e. The van der Waals surface area contributed by atoms with Gasteiger partial charge in [0.1, 0.15) is 5.75 Å². The van der Waals surface area contributed by atoms with E-state index in [1.807, 2.05) is 30.3 Å². The Morgan fingerprint density at radius 2 is 1.53 bits per heavy atom. The Kier molecular flexibility index (Phi) is 3.94. The second-order valence-corrected chi connectivity index (χ2v) is 3.88. The molecule has 1 N–H and O–H groups in total. The van der Waals surface area contributed by atoms with Gasteiger partial charge in [-0.25, -0.2) is 0 Å². The summed E-state index contributed by atoms with van der Waals surface area (Å²) >= 11 is 0. The molecule has 0 bridgehead atoms. The molecule has 19 heavy (non-hydrogen) atoms. The van der Waals surface area contributed by atoms with Crippen LogP contribution in [0.4, 0.5) is 18.9 Å². The molecule has 2 aromatic rings. The van der Waals surface area contributed by atoms with Gasteiger partial charge in [-0.1, -0.05) is 36.4 Å². The lowest BCUT2D eigenvalue weighted by Crippen LogP contribution is -2.18. The molecule has 100 valence electrons. The van der Waals surface area contributed by atoms with E-state index in [2.05, 4.69) is 10.1 Å². The van der Waals surface area contributed by atoms with Crippen LogP contribution in [0, 0.1) is 0 Å². The van der Waals surface area contributed by atoms with Gasteiger partial charge in [0.25, 0.3) is 0 Å². The Labute approximate surface area is 108 Å². The van der Waals surface area contributed by atoms with Crippen molar-refractivity contribution in [3.63, 3.8) is 0 Å². The lowest BCUT2D eigenvalue weighted by atomic mass is 10.2. The third-order valence-electron chi connectivity index (χ3n) is 2.46. The van der Waals surface area contributed by atoms with E-state index in [9.17, 15) is 13.2 Å². The summed E-state index contributed by atoms with van der Waals surface area (Å²) in [6.07, 6.45) is -4.68. The average Bonchev–Trinajstić information content (AvgIpc) is 2.37. The predicted molar refractivity (Wildman–Crippen MR) is 66.9 cm³/mol. The van der Waals surface area contributed by atoms with E-state index in [0.29, 0.717) is 5.56 Å². The average molecular weight is 267 g/mol. The van der Waals surface area contributed by atoms with Gasteiger partial charge in [-0.05, 0) is 18.2 Å². The van der Waals surface area contributed by atoms with Gasteiger partial charge in [0.15, 0.2) is 0 Å². The maximum atomic E-state index is 12.2. The Morgan fingerprint density at radius 3 is 2.21 bits per heavy atom. The van der Waals surface area contributed by atoms with Gasteiger partial charge in [0.05, 0.1) is 0 Å². The van der Waals surface area contributed by atoms with E-state index in [4.69, 9.17) is 0 Å². The molecule has 5 heteroatoms. The van der Waals surface area contributed by atoms with E-state index in [-0.39, 0.29) is 12.3 Å². The molecule has 0 aliphatic carbocycles. The molecule has 0 spiro atoms. The van der Waals surface area contributed by atoms with Crippen molar-refractivity contribution in [2.45, 2.75) is 12.9 Å². The lowest BCUT2D eigenvalue weighted by Gasteiger charge is -2.14. The van der Waals surface area contributed by atoms with Crippen molar-refractivity contribution in [3.05, 3.63) is 60.2 Å². The minimum absolute atomic E-state index is 0.182. The maximum Gasteiger partial charge on any atom is 0.573 e. The molecule has 2 nitrogen and oxygen atoms in total. The van der Waals surface area contributed by atoms with Gasteiger partial charge in [0, 0.05) is 17.8 Å². The number of rotatable bonds is 4. The molecular formula is C14H12F3NO. The second kappa shape index (κ2) is 5.65. The van der Waals surface area contributed by atoms with Crippen molar-refractivity contribution in [1.82, 2.24) is 0 Å². The number of ether oxygens (including phenoxy) is 1. The molecule has 2 aromatic carbocycles. The van der Waals surface area contributed by atoms with E-state index in [1.165, 1.54) is 12.1 Å². The molecule has 0 atom stereocenters. The van der Waals surface area contributed by atoms with Crippen molar-refractivity contribution in [2.24, 2.45) is 0 Å².